The maximum Gasteiger partial charge on any atom is 0.146 e. The number of hydrogen-bond acceptors (Lipinski definition) is 4. The largest absolute Gasteiger partial charge is 0.378 e. The van der Waals surface area contributed by atoms with Crippen molar-refractivity contribution >= 4 is 5.69 Å². The number of benzene rings is 1. The molecule has 2 N–H and O–H groups in total. The van der Waals surface area contributed by atoms with Crippen LogP contribution in [0.4, 0.5) is 10.1 Å². The smallest absolute Gasteiger partial charge is 0.146 e. The third-order valence-electron chi connectivity index (χ3n) is 4.96. The molecular formula is C18H23FN4O. The standard InChI is InChI=1S/C18H23FN4O/c19-15-10-13(4-5-18(15)23-6-8-24-9-7-23)11-20-16-2-1-3-17-14(16)12-21-22-17/h4-5,10,12,16,20H,1-3,6-9,11H2,(H,21,22). The highest BCUT2D eigenvalue weighted by Crippen LogP contribution is 2.28. The second-order valence-electron chi connectivity index (χ2n) is 6.51. The summed E-state index contributed by atoms with van der Waals surface area (Å²) >= 11 is 0. The highest BCUT2D eigenvalue weighted by atomic mass is 19.1. The molecule has 1 saturated heterocycles. The van der Waals surface area contributed by atoms with Gasteiger partial charge in [-0.05, 0) is 37.0 Å². The molecule has 0 radical (unpaired) electrons. The Bertz CT molecular complexity index is 696. The number of anilines is 1. The van der Waals surface area contributed by atoms with E-state index in [1.54, 1.807) is 6.07 Å². The summed E-state index contributed by atoms with van der Waals surface area (Å²) in [7, 11) is 0. The topological polar surface area (TPSA) is 53.2 Å². The zero-order valence-electron chi connectivity index (χ0n) is 13.7. The van der Waals surface area contributed by atoms with E-state index >= 15 is 0 Å². The Balaban J connectivity index is 1.42. The van der Waals surface area contributed by atoms with Crippen molar-refractivity contribution < 1.29 is 9.13 Å². The summed E-state index contributed by atoms with van der Waals surface area (Å²) in [5.74, 6) is -0.149. The van der Waals surface area contributed by atoms with Crippen molar-refractivity contribution in [2.75, 3.05) is 31.2 Å². The average molecular weight is 330 g/mol. The van der Waals surface area contributed by atoms with E-state index in [-0.39, 0.29) is 5.82 Å². The molecule has 1 fully saturated rings. The molecule has 1 aliphatic heterocycles. The number of morpholine rings is 1. The summed E-state index contributed by atoms with van der Waals surface area (Å²) < 4.78 is 19.8. The number of halogens is 1. The van der Waals surface area contributed by atoms with Gasteiger partial charge in [0, 0.05) is 36.9 Å². The molecule has 1 aliphatic carbocycles. The van der Waals surface area contributed by atoms with Gasteiger partial charge in [-0.2, -0.15) is 5.10 Å². The molecule has 6 heteroatoms. The van der Waals surface area contributed by atoms with Gasteiger partial charge in [-0.3, -0.25) is 5.10 Å². The van der Waals surface area contributed by atoms with Crippen LogP contribution in [0.1, 0.15) is 35.7 Å². The normalized spacial score (nSPS) is 20.9. The van der Waals surface area contributed by atoms with E-state index in [1.807, 2.05) is 18.3 Å². The van der Waals surface area contributed by atoms with E-state index in [9.17, 15) is 4.39 Å². The SMILES string of the molecule is Fc1cc(CNC2CCCc3[nH]ncc32)ccc1N1CCOCC1. The number of aromatic amines is 1. The number of nitrogens with one attached hydrogen (secondary N) is 2. The molecule has 0 saturated carbocycles. The molecule has 128 valence electrons. The lowest BCUT2D eigenvalue weighted by atomic mass is 9.93. The average Bonchev–Trinajstić information content (AvgIpc) is 3.10. The maximum atomic E-state index is 14.5. The third-order valence-corrected chi connectivity index (χ3v) is 4.96. The first-order valence-corrected chi connectivity index (χ1v) is 8.68. The highest BCUT2D eigenvalue weighted by Gasteiger charge is 2.21. The van der Waals surface area contributed by atoms with Gasteiger partial charge in [0.25, 0.3) is 0 Å². The Morgan fingerprint density at radius 2 is 2.21 bits per heavy atom. The van der Waals surface area contributed by atoms with E-state index in [4.69, 9.17) is 4.74 Å². The molecule has 0 spiro atoms. The first-order valence-electron chi connectivity index (χ1n) is 8.68. The minimum absolute atomic E-state index is 0.149. The summed E-state index contributed by atoms with van der Waals surface area (Å²) in [4.78, 5) is 2.05. The van der Waals surface area contributed by atoms with Crippen LogP contribution in [0.5, 0.6) is 0 Å². The Morgan fingerprint density at radius 1 is 1.33 bits per heavy atom. The Labute approximate surface area is 141 Å². The number of rotatable bonds is 4. The monoisotopic (exact) mass is 330 g/mol. The van der Waals surface area contributed by atoms with Crippen LogP contribution in [-0.4, -0.2) is 36.5 Å². The molecule has 1 aromatic carbocycles. The number of nitrogens with zero attached hydrogens (tertiary/aromatic N) is 2. The van der Waals surface area contributed by atoms with Gasteiger partial charge in [0.2, 0.25) is 0 Å². The molecule has 5 nitrogen and oxygen atoms in total. The summed E-state index contributed by atoms with van der Waals surface area (Å²) in [5.41, 5.74) is 4.14. The molecule has 0 amide bonds. The van der Waals surface area contributed by atoms with Crippen LogP contribution in [0.25, 0.3) is 0 Å². The van der Waals surface area contributed by atoms with Crippen LogP contribution >= 0.6 is 0 Å². The van der Waals surface area contributed by atoms with E-state index < -0.39 is 0 Å². The van der Waals surface area contributed by atoms with Crippen molar-refractivity contribution in [3.8, 4) is 0 Å². The lowest BCUT2D eigenvalue weighted by molar-refractivity contribution is 0.122. The molecule has 4 rings (SSSR count). The molecule has 2 heterocycles. The van der Waals surface area contributed by atoms with Crippen molar-refractivity contribution in [1.29, 1.82) is 0 Å². The van der Waals surface area contributed by atoms with Gasteiger partial charge in [-0.15, -0.1) is 0 Å². The molecule has 1 atom stereocenters. The summed E-state index contributed by atoms with van der Waals surface area (Å²) in [6, 6.07) is 5.85. The van der Waals surface area contributed by atoms with Gasteiger partial charge in [0.1, 0.15) is 5.82 Å². The van der Waals surface area contributed by atoms with Crippen LogP contribution in [0.3, 0.4) is 0 Å². The number of aromatic nitrogens is 2. The van der Waals surface area contributed by atoms with Crippen LogP contribution in [-0.2, 0) is 17.7 Å². The predicted molar refractivity (Wildman–Crippen MR) is 90.5 cm³/mol. The van der Waals surface area contributed by atoms with Crippen molar-refractivity contribution in [3.63, 3.8) is 0 Å². The third kappa shape index (κ3) is 3.16. The van der Waals surface area contributed by atoms with Gasteiger partial charge >= 0.3 is 0 Å². The molecule has 1 aromatic heterocycles. The lowest BCUT2D eigenvalue weighted by Gasteiger charge is -2.29. The van der Waals surface area contributed by atoms with E-state index in [0.29, 0.717) is 31.5 Å². The number of hydrogen-bond donors (Lipinski definition) is 2. The molecular weight excluding hydrogens is 307 g/mol. The van der Waals surface area contributed by atoms with Gasteiger partial charge < -0.3 is 15.0 Å². The quantitative estimate of drug-likeness (QED) is 0.905. The van der Waals surface area contributed by atoms with Gasteiger partial charge in [-0.1, -0.05) is 6.07 Å². The molecule has 2 aliphatic rings. The van der Waals surface area contributed by atoms with Crippen molar-refractivity contribution in [1.82, 2.24) is 15.5 Å². The number of H-pyrrole nitrogens is 1. The van der Waals surface area contributed by atoms with Crippen LogP contribution in [0.2, 0.25) is 0 Å². The lowest BCUT2D eigenvalue weighted by Crippen LogP contribution is -2.36. The molecule has 0 bridgehead atoms. The molecule has 24 heavy (non-hydrogen) atoms. The van der Waals surface area contributed by atoms with Gasteiger partial charge in [-0.25, -0.2) is 4.39 Å². The van der Waals surface area contributed by atoms with Crippen molar-refractivity contribution in [2.45, 2.75) is 31.8 Å². The van der Waals surface area contributed by atoms with E-state index in [0.717, 1.165) is 37.9 Å². The number of ether oxygens (including phenoxy) is 1. The first kappa shape index (κ1) is 15.6. The van der Waals surface area contributed by atoms with Crippen molar-refractivity contribution in [2.24, 2.45) is 0 Å². The van der Waals surface area contributed by atoms with Crippen LogP contribution in [0.15, 0.2) is 24.4 Å². The first-order chi connectivity index (χ1) is 11.8. The predicted octanol–water partition coefficient (Wildman–Crippen LogP) is 2.55. The zero-order valence-corrected chi connectivity index (χ0v) is 13.7. The fourth-order valence-electron chi connectivity index (χ4n) is 3.64. The molecule has 2 aromatic rings. The van der Waals surface area contributed by atoms with Gasteiger partial charge in [0.05, 0.1) is 25.1 Å². The summed E-state index contributed by atoms with van der Waals surface area (Å²) in [6.07, 6.45) is 5.22. The fourth-order valence-corrected chi connectivity index (χ4v) is 3.64. The summed E-state index contributed by atoms with van der Waals surface area (Å²) in [6.45, 7) is 3.49. The minimum atomic E-state index is -0.149. The second kappa shape index (κ2) is 6.91. The Hall–Kier alpha value is -1.92. The van der Waals surface area contributed by atoms with Crippen LogP contribution in [0, 0.1) is 5.82 Å². The Morgan fingerprint density at radius 3 is 3.04 bits per heavy atom. The van der Waals surface area contributed by atoms with Crippen LogP contribution < -0.4 is 10.2 Å². The van der Waals surface area contributed by atoms with E-state index in [2.05, 4.69) is 20.4 Å². The number of aryl methyl sites for hydroxylation is 1. The second-order valence-corrected chi connectivity index (χ2v) is 6.51. The maximum absolute atomic E-state index is 14.5. The highest BCUT2D eigenvalue weighted by molar-refractivity contribution is 5.49. The Kier molecular flexibility index (Phi) is 4.49. The zero-order chi connectivity index (χ0) is 16.4. The molecule has 1 unspecified atom stereocenters. The van der Waals surface area contributed by atoms with E-state index in [1.165, 1.54) is 11.3 Å². The minimum Gasteiger partial charge on any atom is -0.378 e. The van der Waals surface area contributed by atoms with Gasteiger partial charge in [0.15, 0.2) is 0 Å². The fraction of sp³-hybridized carbons (Fsp3) is 0.500. The van der Waals surface area contributed by atoms with Crippen molar-refractivity contribution in [3.05, 3.63) is 47.0 Å². The number of fused-ring (bicyclic) bond motifs is 1. The summed E-state index contributed by atoms with van der Waals surface area (Å²) in [5, 5.41) is 10.8.